The fourth-order valence-electron chi connectivity index (χ4n) is 1.89. The number of carbonyl (C=O) groups is 1. The van der Waals surface area contributed by atoms with Crippen molar-refractivity contribution in [2.45, 2.75) is 39.2 Å². The lowest BCUT2D eigenvalue weighted by Gasteiger charge is -2.11. The van der Waals surface area contributed by atoms with Crippen molar-refractivity contribution < 1.29 is 14.3 Å². The molecule has 0 amide bonds. The molecule has 0 saturated heterocycles. The van der Waals surface area contributed by atoms with Gasteiger partial charge in [-0.05, 0) is 42.9 Å². The van der Waals surface area contributed by atoms with E-state index in [1.807, 2.05) is 24.3 Å². The van der Waals surface area contributed by atoms with Gasteiger partial charge in [0.25, 0.3) is 0 Å². The number of carbonyl (C=O) groups excluding carboxylic acids is 1. The second kappa shape index (κ2) is 8.59. The Hall–Kier alpha value is -1.55. The van der Waals surface area contributed by atoms with Crippen LogP contribution in [0, 0.1) is 5.92 Å². The van der Waals surface area contributed by atoms with Crippen LogP contribution < -0.4 is 10.5 Å². The summed E-state index contributed by atoms with van der Waals surface area (Å²) in [5.74, 6) is 1.17. The monoisotopic (exact) mass is 279 g/mol. The van der Waals surface area contributed by atoms with Gasteiger partial charge in [0.05, 0.1) is 13.7 Å². The van der Waals surface area contributed by atoms with Gasteiger partial charge in [0, 0.05) is 0 Å². The molecule has 0 fully saturated rings. The summed E-state index contributed by atoms with van der Waals surface area (Å²) in [6.45, 7) is 5.15. The first-order chi connectivity index (χ1) is 9.52. The number of hydrogen-bond donors (Lipinski definition) is 1. The predicted molar refractivity (Wildman–Crippen MR) is 79.7 cm³/mol. The van der Waals surface area contributed by atoms with Crippen molar-refractivity contribution in [1.29, 1.82) is 0 Å². The van der Waals surface area contributed by atoms with E-state index in [-0.39, 0.29) is 5.97 Å². The minimum atomic E-state index is -0.613. The molecule has 4 nitrogen and oxygen atoms in total. The molecule has 1 aromatic rings. The Morgan fingerprint density at radius 3 is 2.45 bits per heavy atom. The van der Waals surface area contributed by atoms with Crippen LogP contribution in [0.2, 0.25) is 0 Å². The third-order valence-corrected chi connectivity index (χ3v) is 3.08. The van der Waals surface area contributed by atoms with Gasteiger partial charge in [-0.3, -0.25) is 4.79 Å². The third kappa shape index (κ3) is 6.06. The highest BCUT2D eigenvalue weighted by atomic mass is 16.5. The maximum Gasteiger partial charge on any atom is 0.322 e. The number of benzene rings is 1. The first-order valence-corrected chi connectivity index (χ1v) is 7.08. The molecular formula is C16H25NO3. The van der Waals surface area contributed by atoms with Gasteiger partial charge < -0.3 is 15.2 Å². The first-order valence-electron chi connectivity index (χ1n) is 7.08. The predicted octanol–water partition coefficient (Wildman–Crippen LogP) is 2.54. The Labute approximate surface area is 121 Å². The van der Waals surface area contributed by atoms with Crippen LogP contribution in [0.15, 0.2) is 24.3 Å². The first kappa shape index (κ1) is 16.5. The molecule has 0 saturated carbocycles. The maximum absolute atomic E-state index is 11.2. The summed E-state index contributed by atoms with van der Waals surface area (Å²) in [7, 11) is 1.34. The number of hydrogen-bond acceptors (Lipinski definition) is 4. The van der Waals surface area contributed by atoms with Crippen LogP contribution in [0.5, 0.6) is 5.75 Å². The Bertz CT molecular complexity index is 401. The third-order valence-electron chi connectivity index (χ3n) is 3.08. The molecule has 0 aromatic heterocycles. The summed E-state index contributed by atoms with van der Waals surface area (Å²) < 4.78 is 10.3. The molecule has 1 unspecified atom stereocenters. The molecular weight excluding hydrogens is 254 g/mol. The van der Waals surface area contributed by atoms with Crippen molar-refractivity contribution >= 4 is 5.97 Å². The highest BCUT2D eigenvalue weighted by Crippen LogP contribution is 2.14. The lowest BCUT2D eigenvalue weighted by Crippen LogP contribution is -2.33. The van der Waals surface area contributed by atoms with E-state index in [2.05, 4.69) is 18.6 Å². The van der Waals surface area contributed by atoms with Crippen LogP contribution in [0.1, 0.15) is 32.3 Å². The zero-order valence-electron chi connectivity index (χ0n) is 12.6. The van der Waals surface area contributed by atoms with Crippen LogP contribution in [0.3, 0.4) is 0 Å². The molecule has 0 aliphatic rings. The number of rotatable bonds is 8. The van der Waals surface area contributed by atoms with E-state index in [9.17, 15) is 4.79 Å². The van der Waals surface area contributed by atoms with Crippen molar-refractivity contribution in [3.63, 3.8) is 0 Å². The lowest BCUT2D eigenvalue weighted by molar-refractivity contribution is -0.142. The van der Waals surface area contributed by atoms with Gasteiger partial charge in [0.2, 0.25) is 0 Å². The molecule has 0 radical (unpaired) electrons. The molecule has 0 bridgehead atoms. The van der Waals surface area contributed by atoms with E-state index in [0.29, 0.717) is 12.3 Å². The molecule has 0 spiro atoms. The smallest absolute Gasteiger partial charge is 0.322 e. The molecule has 1 rings (SSSR count). The molecule has 112 valence electrons. The fourth-order valence-corrected chi connectivity index (χ4v) is 1.89. The Morgan fingerprint density at radius 2 is 1.90 bits per heavy atom. The molecule has 0 aliphatic heterocycles. The van der Waals surface area contributed by atoms with Crippen molar-refractivity contribution in [3.8, 4) is 5.75 Å². The van der Waals surface area contributed by atoms with E-state index in [1.54, 1.807) is 0 Å². The minimum absolute atomic E-state index is 0.390. The number of esters is 1. The quantitative estimate of drug-likeness (QED) is 0.587. The highest BCUT2D eigenvalue weighted by molar-refractivity contribution is 5.75. The van der Waals surface area contributed by atoms with E-state index in [1.165, 1.54) is 13.5 Å². The summed E-state index contributed by atoms with van der Waals surface area (Å²) in [6.07, 6.45) is 2.71. The molecule has 1 atom stereocenters. The van der Waals surface area contributed by atoms with Crippen molar-refractivity contribution in [2.75, 3.05) is 13.7 Å². The van der Waals surface area contributed by atoms with Crippen molar-refractivity contribution in [2.24, 2.45) is 11.7 Å². The normalized spacial score (nSPS) is 12.2. The largest absolute Gasteiger partial charge is 0.494 e. The van der Waals surface area contributed by atoms with Crippen LogP contribution >= 0.6 is 0 Å². The summed E-state index contributed by atoms with van der Waals surface area (Å²) in [4.78, 5) is 11.2. The standard InChI is InChI=1S/C16H25NO3/c1-12(2)5-4-10-20-14-8-6-13(7-9-14)11-15(17)16(18)19-3/h6-9,12,15H,4-5,10-11,17H2,1-3H3. The lowest BCUT2D eigenvalue weighted by atomic mass is 10.1. The van der Waals surface area contributed by atoms with Gasteiger partial charge in [-0.25, -0.2) is 0 Å². The number of nitrogens with two attached hydrogens (primary N) is 1. The molecule has 20 heavy (non-hydrogen) atoms. The molecule has 4 heteroatoms. The summed E-state index contributed by atoms with van der Waals surface area (Å²) >= 11 is 0. The van der Waals surface area contributed by atoms with Gasteiger partial charge in [0.15, 0.2) is 0 Å². The topological polar surface area (TPSA) is 61.5 Å². The van der Waals surface area contributed by atoms with Crippen molar-refractivity contribution in [3.05, 3.63) is 29.8 Å². The van der Waals surface area contributed by atoms with Crippen LogP contribution in [0.25, 0.3) is 0 Å². The van der Waals surface area contributed by atoms with Crippen LogP contribution in [0.4, 0.5) is 0 Å². The number of methoxy groups -OCH3 is 1. The summed E-state index contributed by atoms with van der Waals surface area (Å²) in [5.41, 5.74) is 6.72. The fraction of sp³-hybridized carbons (Fsp3) is 0.562. The minimum Gasteiger partial charge on any atom is -0.494 e. The zero-order chi connectivity index (χ0) is 15.0. The van der Waals surface area contributed by atoms with Gasteiger partial charge in [-0.1, -0.05) is 26.0 Å². The van der Waals surface area contributed by atoms with Gasteiger partial charge in [-0.15, -0.1) is 0 Å². The van der Waals surface area contributed by atoms with E-state index < -0.39 is 6.04 Å². The molecule has 0 aliphatic carbocycles. The average Bonchev–Trinajstić information content (AvgIpc) is 2.44. The molecule has 2 N–H and O–H groups in total. The average molecular weight is 279 g/mol. The maximum atomic E-state index is 11.2. The SMILES string of the molecule is COC(=O)C(N)Cc1ccc(OCCCC(C)C)cc1. The Morgan fingerprint density at radius 1 is 1.25 bits per heavy atom. The molecule has 1 aromatic carbocycles. The number of ether oxygens (including phenoxy) is 2. The van der Waals surface area contributed by atoms with E-state index in [0.717, 1.165) is 24.3 Å². The summed E-state index contributed by atoms with van der Waals surface area (Å²) in [6, 6.07) is 7.07. The van der Waals surface area contributed by atoms with Crippen molar-refractivity contribution in [1.82, 2.24) is 0 Å². The van der Waals surface area contributed by atoms with Gasteiger partial charge in [-0.2, -0.15) is 0 Å². The Kier molecular flexibility index (Phi) is 7.09. The second-order valence-electron chi connectivity index (χ2n) is 5.36. The summed E-state index contributed by atoms with van der Waals surface area (Å²) in [5, 5.41) is 0. The van der Waals surface area contributed by atoms with Gasteiger partial charge >= 0.3 is 5.97 Å². The Balaban J connectivity index is 2.38. The molecule has 0 heterocycles. The zero-order valence-corrected chi connectivity index (χ0v) is 12.6. The van der Waals surface area contributed by atoms with E-state index >= 15 is 0 Å². The second-order valence-corrected chi connectivity index (χ2v) is 5.36. The van der Waals surface area contributed by atoms with Crippen LogP contribution in [-0.4, -0.2) is 25.7 Å². The van der Waals surface area contributed by atoms with Gasteiger partial charge in [0.1, 0.15) is 11.8 Å². The highest BCUT2D eigenvalue weighted by Gasteiger charge is 2.13. The van der Waals surface area contributed by atoms with E-state index in [4.69, 9.17) is 10.5 Å². The van der Waals surface area contributed by atoms with Crippen LogP contribution in [-0.2, 0) is 16.0 Å².